The highest BCUT2D eigenvalue weighted by Gasteiger charge is 2.21. The smallest absolute Gasteiger partial charge is 0.227 e. The molecule has 2 aromatic carbocycles. The molecule has 6 N–H and O–H groups in total. The van der Waals surface area contributed by atoms with Crippen molar-refractivity contribution in [1.82, 2.24) is 19.4 Å². The van der Waals surface area contributed by atoms with Crippen LogP contribution in [0.1, 0.15) is 18.9 Å². The lowest BCUT2D eigenvalue weighted by Crippen LogP contribution is -2.34. The van der Waals surface area contributed by atoms with Gasteiger partial charge in [-0.25, -0.2) is 9.97 Å². The van der Waals surface area contributed by atoms with E-state index in [9.17, 15) is 0 Å². The highest BCUT2D eigenvalue weighted by molar-refractivity contribution is 6.33. The minimum absolute atomic E-state index is 0.188. The number of nitrogens with one attached hydrogen (secondary N) is 2. The van der Waals surface area contributed by atoms with Gasteiger partial charge in [0, 0.05) is 79.5 Å². The van der Waals surface area contributed by atoms with Crippen LogP contribution in [0.25, 0.3) is 22.2 Å². The van der Waals surface area contributed by atoms with E-state index in [1.54, 1.807) is 25.4 Å². The van der Waals surface area contributed by atoms with Gasteiger partial charge in [0.15, 0.2) is 0 Å². The van der Waals surface area contributed by atoms with E-state index < -0.39 is 0 Å². The van der Waals surface area contributed by atoms with Gasteiger partial charge in [-0.2, -0.15) is 5.53 Å². The maximum atomic E-state index is 6.63. The third kappa shape index (κ3) is 15.8. The fourth-order valence-electron chi connectivity index (χ4n) is 5.47. The number of hydrogen-bond acceptors (Lipinski definition) is 10. The summed E-state index contributed by atoms with van der Waals surface area (Å²) in [5.41, 5.74) is 18.0. The number of halogens is 1. The maximum Gasteiger partial charge on any atom is 0.227 e. The summed E-state index contributed by atoms with van der Waals surface area (Å²) in [7, 11) is 5.58. The van der Waals surface area contributed by atoms with Gasteiger partial charge in [-0.15, -0.1) is 0 Å². The standard InChI is InChI=1S/C29H35ClN6O3.H3N25/c1-5-38-17-19(15-35(2)3)39-25-13-26(37-4)24(12-23(25)31)33-29-32-14-22(30)27(34-29)21-16-36-11-7-9-18-8-6-10-20(21)28(18)36;1-3-5-7-9-11-13-15-17-19-21-23-25-24-22-20-18-16-14-12-10-8-6-4-2/h6,8,10,12-14,16,19H,5,7,9,11,15,17,31H2,1-4H3,(H,32,33,34);(H3,1,2,5,6,9,10,13,14,17,18,21,22,25)/t19-;/m0./s1. The van der Waals surface area contributed by atoms with E-state index in [-0.39, 0.29) is 6.10 Å². The Morgan fingerprint density at radius 2 is 1.45 bits per heavy atom. The molecule has 3 heterocycles. The summed E-state index contributed by atoms with van der Waals surface area (Å²) in [6.07, 6.45) is 5.76. The highest BCUT2D eigenvalue weighted by atomic mass is 35.5. The van der Waals surface area contributed by atoms with Crippen LogP contribution in [0, 0.1) is 5.53 Å². The van der Waals surface area contributed by atoms with E-state index in [4.69, 9.17) is 42.1 Å². The van der Waals surface area contributed by atoms with E-state index in [2.05, 4.69) is 165 Å². The summed E-state index contributed by atoms with van der Waals surface area (Å²) >= 11 is 6.63. The number of methoxy groups -OCH3 is 1. The van der Waals surface area contributed by atoms with Crippen molar-refractivity contribution < 1.29 is 14.2 Å². The lowest BCUT2D eigenvalue weighted by atomic mass is 10.0. The number of nitrogen functional groups attached to an aromatic ring is 1. The van der Waals surface area contributed by atoms with Crippen molar-refractivity contribution >= 4 is 39.8 Å². The second-order valence-corrected chi connectivity index (χ2v) is 12.4. The summed E-state index contributed by atoms with van der Waals surface area (Å²) in [6, 6.07) is 9.95. The van der Waals surface area contributed by atoms with Crippen molar-refractivity contribution in [2.75, 3.05) is 52.0 Å². The Labute approximate surface area is 365 Å². The molecule has 0 radical (unpaired) electrons. The van der Waals surface area contributed by atoms with Crippen LogP contribution >= 0.6 is 11.6 Å². The average Bonchev–Trinajstić information content (AvgIpc) is 3.67. The zero-order chi connectivity index (χ0) is 45.8. The molecular weight excluding hydrogens is 866 g/mol. The largest absolute Gasteiger partial charge is 0.494 e. The predicted molar refractivity (Wildman–Crippen MR) is 219 cm³/mol. The number of para-hydroxylation sites is 1. The number of likely N-dealkylation sites (N-methyl/N-ethyl adjacent to an activating group) is 1. The number of benzene rings is 2. The van der Waals surface area contributed by atoms with Gasteiger partial charge >= 0.3 is 0 Å². The maximum absolute atomic E-state index is 6.63. The Hall–Kier alpha value is -8.53. The normalized spacial score (nSPS) is 14.0. The number of hydrogen-bond donors (Lipinski definition) is 4. The monoisotopic (exact) mass is 903 g/mol. The topological polar surface area (TPSA) is 434 Å². The molecule has 0 spiro atoms. The van der Waals surface area contributed by atoms with Gasteiger partial charge in [0.1, 0.15) is 17.6 Å². The quantitative estimate of drug-likeness (QED) is 0.0252. The van der Waals surface area contributed by atoms with Crippen molar-refractivity contribution in [2.24, 2.45) is 126 Å². The first-order valence-corrected chi connectivity index (χ1v) is 18.4. The molecule has 1 aliphatic rings. The zero-order valence-electron chi connectivity index (χ0n) is 34.2. The zero-order valence-corrected chi connectivity index (χ0v) is 34.9. The second kappa shape index (κ2) is 27.3. The number of ether oxygens (including phenoxy) is 3. The minimum Gasteiger partial charge on any atom is -0.494 e. The Morgan fingerprint density at radius 3 is 2.00 bits per heavy atom. The Balaban J connectivity index is 0.000000313. The Bertz CT molecular complexity index is 2460. The third-order valence-corrected chi connectivity index (χ3v) is 7.95. The van der Waals surface area contributed by atoms with Crippen molar-refractivity contribution in [3.8, 4) is 22.8 Å². The number of anilines is 3. The molecule has 35 heteroatoms. The lowest BCUT2D eigenvalue weighted by molar-refractivity contribution is 0.0435. The summed E-state index contributed by atoms with van der Waals surface area (Å²) in [5, 5.41) is 72.1. The van der Waals surface area contributed by atoms with Crippen molar-refractivity contribution in [3.63, 3.8) is 0 Å². The van der Waals surface area contributed by atoms with E-state index in [1.165, 1.54) is 11.1 Å². The van der Waals surface area contributed by atoms with E-state index in [0.717, 1.165) is 30.3 Å². The van der Waals surface area contributed by atoms with Crippen LogP contribution in [0.15, 0.2) is 163 Å². The van der Waals surface area contributed by atoms with Gasteiger partial charge < -0.3 is 40.6 Å². The molecule has 64 heavy (non-hydrogen) atoms. The number of rotatable bonds is 22. The van der Waals surface area contributed by atoms with Gasteiger partial charge in [-0.05, 0) is 124 Å². The van der Waals surface area contributed by atoms with Gasteiger partial charge in [0.2, 0.25) is 5.95 Å². The van der Waals surface area contributed by atoms with Gasteiger partial charge in [-0.1, -0.05) is 35.0 Å². The van der Waals surface area contributed by atoms with Crippen molar-refractivity contribution in [3.05, 3.63) is 53.3 Å². The van der Waals surface area contributed by atoms with Gasteiger partial charge in [-0.3, -0.25) is 0 Å². The molecule has 334 valence electrons. The molecule has 5 rings (SSSR count). The molecule has 1 aliphatic heterocycles. The number of nitrogens with zero attached hydrogens (tertiary/aromatic N) is 27. The molecule has 0 saturated heterocycles. The molecule has 0 amide bonds. The average molecular weight is 904 g/mol. The molecule has 34 nitrogen and oxygen atoms in total. The van der Waals surface area contributed by atoms with Gasteiger partial charge in [0.25, 0.3) is 0 Å². The summed E-state index contributed by atoms with van der Waals surface area (Å²) in [6.45, 7) is 4.68. The summed E-state index contributed by atoms with van der Waals surface area (Å²) < 4.78 is 19.8. The van der Waals surface area contributed by atoms with E-state index >= 15 is 0 Å². The lowest BCUT2D eigenvalue weighted by Gasteiger charge is -2.24. The van der Waals surface area contributed by atoms with Crippen LogP contribution in [0.2, 0.25) is 5.02 Å². The first kappa shape index (κ1) is 48.1. The molecule has 0 unspecified atom stereocenters. The van der Waals surface area contributed by atoms with Crippen LogP contribution < -0.4 is 26.4 Å². The van der Waals surface area contributed by atoms with Crippen LogP contribution in [0.4, 0.5) is 17.3 Å². The SMILES string of the molecule is CCOC[C@H](CN(C)C)Oc1cc(OC)c(Nc2ncc(Cl)c(-c3cn4c5c(cccc35)CCC4)n2)cc1N.N=N/N=N/N=N/N=N/N=N/N=N/N=N/N=N/N=N/N=N/N=N/N=N/N. The fourth-order valence-corrected chi connectivity index (χ4v) is 5.66. The van der Waals surface area contributed by atoms with Crippen molar-refractivity contribution in [2.45, 2.75) is 32.4 Å². The van der Waals surface area contributed by atoms with E-state index in [0.29, 0.717) is 59.3 Å². The molecule has 0 saturated carbocycles. The molecule has 2 aromatic heterocycles. The third-order valence-electron chi connectivity index (χ3n) is 7.67. The number of nitrogens with two attached hydrogens (primary N) is 2. The first-order valence-electron chi connectivity index (χ1n) is 18.0. The molecular formula is C29H38ClN31O3. The molecule has 1 atom stereocenters. The molecule has 0 aliphatic carbocycles. The molecule has 4 aromatic rings. The first-order chi connectivity index (χ1) is 31.3. The van der Waals surface area contributed by atoms with Gasteiger partial charge in [0.05, 0.1) is 47.5 Å². The Morgan fingerprint density at radius 1 is 0.859 bits per heavy atom. The van der Waals surface area contributed by atoms with Crippen LogP contribution in [0.3, 0.4) is 0 Å². The van der Waals surface area contributed by atoms with Crippen LogP contribution in [0.5, 0.6) is 11.5 Å². The summed E-state index contributed by atoms with van der Waals surface area (Å²) in [5.74, 6) is 6.06. The molecule has 0 fully saturated rings. The Kier molecular flexibility index (Phi) is 20.6. The molecule has 0 bridgehead atoms. The predicted octanol–water partition coefficient (Wildman–Crippen LogP) is 9.31. The number of aromatic nitrogens is 3. The fraction of sp³-hybridized carbons (Fsp3) is 0.379. The summed E-state index contributed by atoms with van der Waals surface area (Å²) in [4.78, 5) is 11.3. The van der Waals surface area contributed by atoms with E-state index in [1.807, 2.05) is 25.9 Å². The minimum atomic E-state index is -0.188. The van der Waals surface area contributed by atoms with Crippen LogP contribution in [-0.2, 0) is 17.7 Å². The second-order valence-electron chi connectivity index (χ2n) is 12.0. The van der Waals surface area contributed by atoms with Crippen LogP contribution in [-0.4, -0.2) is 66.5 Å². The number of aryl methyl sites for hydroxylation is 2. The highest BCUT2D eigenvalue weighted by Crippen LogP contribution is 2.39. The van der Waals surface area contributed by atoms with Crippen molar-refractivity contribution in [1.29, 1.82) is 5.53 Å².